The monoisotopic (exact) mass is 368 g/mol. The summed E-state index contributed by atoms with van der Waals surface area (Å²) in [7, 11) is 0. The maximum atomic E-state index is 12.4. The van der Waals surface area contributed by atoms with E-state index in [-0.39, 0.29) is 6.42 Å². The van der Waals surface area contributed by atoms with E-state index < -0.39 is 36.2 Å². The van der Waals surface area contributed by atoms with Crippen LogP contribution in [0.5, 0.6) is 0 Å². The second-order valence-electron chi connectivity index (χ2n) is 6.48. The lowest BCUT2D eigenvalue weighted by molar-refractivity contribution is -0.154. The van der Waals surface area contributed by atoms with E-state index in [1.807, 2.05) is 42.5 Å². The molecule has 6 heteroatoms. The standard InChI is InChI=1S/C21H20O6/c1-13(23)26-20-17(12-22)19(11-18(20)24)27-21(25)16-9-7-15(8-10-16)14-5-3-2-4-6-14/h2-10,12,17-20,24H,11H2,1H3. The van der Waals surface area contributed by atoms with Gasteiger partial charge in [-0.2, -0.15) is 0 Å². The van der Waals surface area contributed by atoms with Crippen LogP contribution in [-0.2, 0) is 19.1 Å². The molecule has 0 bridgehead atoms. The van der Waals surface area contributed by atoms with Gasteiger partial charge in [-0.05, 0) is 23.3 Å². The molecule has 2 aromatic carbocycles. The Morgan fingerprint density at radius 3 is 2.22 bits per heavy atom. The number of aldehydes is 1. The van der Waals surface area contributed by atoms with Gasteiger partial charge in [0, 0.05) is 13.3 Å². The molecule has 0 saturated heterocycles. The Morgan fingerprint density at radius 1 is 1.00 bits per heavy atom. The molecular weight excluding hydrogens is 348 g/mol. The zero-order valence-corrected chi connectivity index (χ0v) is 14.8. The van der Waals surface area contributed by atoms with Crippen LogP contribution in [0.2, 0.25) is 0 Å². The third kappa shape index (κ3) is 4.23. The van der Waals surface area contributed by atoms with Crippen molar-refractivity contribution in [3.8, 4) is 11.1 Å². The fraction of sp³-hybridized carbons (Fsp3) is 0.286. The van der Waals surface area contributed by atoms with Crippen molar-refractivity contribution in [1.82, 2.24) is 0 Å². The van der Waals surface area contributed by atoms with Gasteiger partial charge in [0.05, 0.1) is 17.6 Å². The van der Waals surface area contributed by atoms with Crippen LogP contribution in [0.25, 0.3) is 11.1 Å². The Bertz CT molecular complexity index is 814. The molecule has 0 spiro atoms. The van der Waals surface area contributed by atoms with Crippen LogP contribution in [0.1, 0.15) is 23.7 Å². The summed E-state index contributed by atoms with van der Waals surface area (Å²) in [6.45, 7) is 1.20. The molecule has 3 rings (SSSR count). The quantitative estimate of drug-likeness (QED) is 0.644. The number of ether oxygens (including phenoxy) is 2. The van der Waals surface area contributed by atoms with Gasteiger partial charge in [0.1, 0.15) is 18.5 Å². The first kappa shape index (κ1) is 18.8. The highest BCUT2D eigenvalue weighted by molar-refractivity contribution is 5.90. The van der Waals surface area contributed by atoms with Crippen molar-refractivity contribution < 1.29 is 29.0 Å². The number of hydrogen-bond donors (Lipinski definition) is 1. The molecule has 0 amide bonds. The van der Waals surface area contributed by atoms with Gasteiger partial charge >= 0.3 is 11.9 Å². The van der Waals surface area contributed by atoms with Crippen molar-refractivity contribution in [2.45, 2.75) is 31.7 Å². The minimum absolute atomic E-state index is 0.0369. The first-order valence-electron chi connectivity index (χ1n) is 8.66. The predicted molar refractivity (Wildman–Crippen MR) is 96.8 cm³/mol. The number of aliphatic hydroxyl groups is 1. The van der Waals surface area contributed by atoms with Crippen LogP contribution in [-0.4, -0.2) is 41.6 Å². The van der Waals surface area contributed by atoms with Crippen molar-refractivity contribution in [1.29, 1.82) is 0 Å². The molecule has 1 aliphatic rings. The van der Waals surface area contributed by atoms with E-state index in [0.29, 0.717) is 11.8 Å². The minimum atomic E-state index is -1.05. The van der Waals surface area contributed by atoms with Crippen LogP contribution < -0.4 is 0 Å². The summed E-state index contributed by atoms with van der Waals surface area (Å²) < 4.78 is 10.4. The Balaban J connectivity index is 1.69. The normalized spacial score (nSPS) is 24.2. The van der Waals surface area contributed by atoms with Crippen LogP contribution in [0.15, 0.2) is 54.6 Å². The second-order valence-corrected chi connectivity index (χ2v) is 6.48. The van der Waals surface area contributed by atoms with E-state index in [1.54, 1.807) is 12.1 Å². The van der Waals surface area contributed by atoms with Gasteiger partial charge in [-0.1, -0.05) is 42.5 Å². The summed E-state index contributed by atoms with van der Waals surface area (Å²) >= 11 is 0. The lowest BCUT2D eigenvalue weighted by atomic mass is 10.0. The molecule has 0 aliphatic heterocycles. The van der Waals surface area contributed by atoms with Gasteiger partial charge in [-0.15, -0.1) is 0 Å². The lowest BCUT2D eigenvalue weighted by Crippen LogP contribution is -2.34. The average Bonchev–Trinajstić information content (AvgIpc) is 2.96. The number of carbonyl (C=O) groups is 3. The second kappa shape index (κ2) is 8.14. The highest BCUT2D eigenvalue weighted by Crippen LogP contribution is 2.31. The molecule has 6 nitrogen and oxygen atoms in total. The van der Waals surface area contributed by atoms with Crippen LogP contribution in [0, 0.1) is 5.92 Å². The summed E-state index contributed by atoms with van der Waals surface area (Å²) in [5.41, 5.74) is 2.33. The van der Waals surface area contributed by atoms with Gasteiger partial charge in [0.15, 0.2) is 0 Å². The third-order valence-corrected chi connectivity index (χ3v) is 4.61. The number of carbonyl (C=O) groups excluding carboxylic acids is 3. The zero-order valence-electron chi connectivity index (χ0n) is 14.8. The first-order chi connectivity index (χ1) is 13.0. The number of hydrogen-bond acceptors (Lipinski definition) is 6. The van der Waals surface area contributed by atoms with E-state index in [0.717, 1.165) is 11.1 Å². The topological polar surface area (TPSA) is 89.9 Å². The molecule has 2 aromatic rings. The predicted octanol–water partition coefficient (Wildman–Crippen LogP) is 2.39. The SMILES string of the molecule is CC(=O)OC1C(O)CC(OC(=O)c2ccc(-c3ccccc3)cc2)C1C=O. The van der Waals surface area contributed by atoms with Crippen LogP contribution >= 0.6 is 0 Å². The van der Waals surface area contributed by atoms with E-state index in [4.69, 9.17) is 9.47 Å². The summed E-state index contributed by atoms with van der Waals surface area (Å²) in [4.78, 5) is 34.9. The molecule has 140 valence electrons. The van der Waals surface area contributed by atoms with Crippen molar-refractivity contribution in [2.75, 3.05) is 0 Å². The maximum absolute atomic E-state index is 12.4. The Morgan fingerprint density at radius 2 is 1.63 bits per heavy atom. The number of aliphatic hydroxyl groups excluding tert-OH is 1. The van der Waals surface area contributed by atoms with Crippen LogP contribution in [0.4, 0.5) is 0 Å². The Kier molecular flexibility index (Phi) is 5.66. The maximum Gasteiger partial charge on any atom is 0.338 e. The third-order valence-electron chi connectivity index (χ3n) is 4.61. The molecule has 27 heavy (non-hydrogen) atoms. The smallest absolute Gasteiger partial charge is 0.338 e. The van der Waals surface area contributed by atoms with Gasteiger partial charge in [-0.25, -0.2) is 4.79 Å². The largest absolute Gasteiger partial charge is 0.459 e. The molecule has 0 aromatic heterocycles. The molecule has 4 unspecified atom stereocenters. The first-order valence-corrected chi connectivity index (χ1v) is 8.66. The summed E-state index contributed by atoms with van der Waals surface area (Å²) in [5, 5.41) is 10.0. The van der Waals surface area contributed by atoms with E-state index in [2.05, 4.69) is 0 Å². The van der Waals surface area contributed by atoms with E-state index in [9.17, 15) is 19.5 Å². The fourth-order valence-corrected chi connectivity index (χ4v) is 3.27. The average molecular weight is 368 g/mol. The van der Waals surface area contributed by atoms with Crippen molar-refractivity contribution >= 4 is 18.2 Å². The summed E-state index contributed by atoms with van der Waals surface area (Å²) in [6.07, 6.45) is -2.31. The molecule has 0 heterocycles. The highest BCUT2D eigenvalue weighted by atomic mass is 16.6. The molecule has 0 radical (unpaired) electrons. The minimum Gasteiger partial charge on any atom is -0.459 e. The Hall–Kier alpha value is -2.99. The molecular formula is C21H20O6. The van der Waals surface area contributed by atoms with Gasteiger partial charge in [-0.3, -0.25) is 4.79 Å². The highest BCUT2D eigenvalue weighted by Gasteiger charge is 2.47. The molecule has 1 N–H and O–H groups in total. The van der Waals surface area contributed by atoms with Crippen molar-refractivity contribution in [2.24, 2.45) is 5.92 Å². The number of esters is 2. The summed E-state index contributed by atoms with van der Waals surface area (Å²) in [6, 6.07) is 16.7. The van der Waals surface area contributed by atoms with Crippen molar-refractivity contribution in [3.63, 3.8) is 0 Å². The number of rotatable bonds is 5. The molecule has 1 fully saturated rings. The zero-order chi connectivity index (χ0) is 19.4. The summed E-state index contributed by atoms with van der Waals surface area (Å²) in [5.74, 6) is -2.09. The number of benzene rings is 2. The van der Waals surface area contributed by atoms with E-state index in [1.165, 1.54) is 6.92 Å². The molecule has 4 atom stereocenters. The van der Waals surface area contributed by atoms with E-state index >= 15 is 0 Å². The lowest BCUT2D eigenvalue weighted by Gasteiger charge is -2.20. The van der Waals surface area contributed by atoms with Gasteiger partial charge < -0.3 is 19.4 Å². The van der Waals surface area contributed by atoms with Gasteiger partial charge in [0.25, 0.3) is 0 Å². The van der Waals surface area contributed by atoms with Crippen LogP contribution in [0.3, 0.4) is 0 Å². The molecule has 1 aliphatic carbocycles. The van der Waals surface area contributed by atoms with Crippen molar-refractivity contribution in [3.05, 3.63) is 60.2 Å². The van der Waals surface area contributed by atoms with Gasteiger partial charge in [0.2, 0.25) is 0 Å². The fourth-order valence-electron chi connectivity index (χ4n) is 3.27. The molecule has 1 saturated carbocycles. The Labute approximate surface area is 156 Å².